The molecule has 31 heavy (non-hydrogen) atoms. The summed E-state index contributed by atoms with van der Waals surface area (Å²) in [5, 5.41) is 12.7. The fraction of sp³-hybridized carbons (Fsp3) is 0.682. The molecule has 9 heteroatoms. The molecule has 0 radical (unpaired) electrons. The van der Waals surface area contributed by atoms with E-state index < -0.39 is 0 Å². The van der Waals surface area contributed by atoms with E-state index in [1.165, 1.54) is 43.7 Å². The molecule has 0 spiro atoms. The summed E-state index contributed by atoms with van der Waals surface area (Å²) in [7, 11) is 5.04. The van der Waals surface area contributed by atoms with Crippen molar-refractivity contribution in [1.82, 2.24) is 20.2 Å². The number of hydrogen-bond donors (Lipinski definition) is 2. The van der Waals surface area contributed by atoms with E-state index in [0.717, 1.165) is 42.0 Å². The molecular weight excluding hydrogens is 396 g/mol. The maximum Gasteiger partial charge on any atom is 0.214 e. The summed E-state index contributed by atoms with van der Waals surface area (Å²) in [6, 6.07) is 7.06. The first-order chi connectivity index (χ1) is 15.2. The van der Waals surface area contributed by atoms with Gasteiger partial charge in [-0.2, -0.15) is 0 Å². The molecule has 1 atom stereocenters. The van der Waals surface area contributed by atoms with Gasteiger partial charge in [-0.1, -0.05) is 0 Å². The molecule has 2 N–H and O–H groups in total. The third kappa shape index (κ3) is 4.83. The highest BCUT2D eigenvalue weighted by Gasteiger charge is 2.38. The van der Waals surface area contributed by atoms with Crippen molar-refractivity contribution in [3.63, 3.8) is 0 Å². The Morgan fingerprint density at radius 2 is 1.77 bits per heavy atom. The Morgan fingerprint density at radius 1 is 1.03 bits per heavy atom. The van der Waals surface area contributed by atoms with Gasteiger partial charge in [0, 0.05) is 12.7 Å². The number of quaternary nitrogens is 2. The molecule has 2 aromatic rings. The summed E-state index contributed by atoms with van der Waals surface area (Å²) < 4.78 is 18.2. The van der Waals surface area contributed by atoms with E-state index in [1.807, 2.05) is 10.7 Å². The second-order valence-corrected chi connectivity index (χ2v) is 8.60. The Morgan fingerprint density at radius 3 is 2.45 bits per heavy atom. The van der Waals surface area contributed by atoms with Crippen molar-refractivity contribution in [3.05, 3.63) is 29.6 Å². The molecule has 0 amide bonds. The SMILES string of the molecule is COCCn1nnnc1[C@@H](c1ccc(OC)c(OC)c1)[NH+]1CC[NH+](C2CCCC2)CC1. The number of hydrogen-bond acceptors (Lipinski definition) is 6. The lowest BCUT2D eigenvalue weighted by Gasteiger charge is -2.36. The van der Waals surface area contributed by atoms with Crippen molar-refractivity contribution in [1.29, 1.82) is 0 Å². The summed E-state index contributed by atoms with van der Waals surface area (Å²) in [5.74, 6) is 2.34. The van der Waals surface area contributed by atoms with Gasteiger partial charge in [0.05, 0.1) is 33.4 Å². The molecule has 2 aliphatic rings. The number of nitrogens with zero attached hydrogens (tertiary/aromatic N) is 4. The minimum absolute atomic E-state index is 0.0387. The summed E-state index contributed by atoms with van der Waals surface area (Å²) in [6.07, 6.45) is 5.57. The first-order valence-corrected chi connectivity index (χ1v) is 11.4. The van der Waals surface area contributed by atoms with Crippen molar-refractivity contribution in [2.24, 2.45) is 0 Å². The lowest BCUT2D eigenvalue weighted by Crippen LogP contribution is -3.29. The summed E-state index contributed by atoms with van der Waals surface area (Å²) in [5.41, 5.74) is 1.14. The van der Waals surface area contributed by atoms with Gasteiger partial charge in [0.2, 0.25) is 5.82 Å². The van der Waals surface area contributed by atoms with E-state index in [4.69, 9.17) is 14.2 Å². The van der Waals surface area contributed by atoms with Gasteiger partial charge in [-0.3, -0.25) is 0 Å². The molecular formula is C22H36N6O3+2. The second-order valence-electron chi connectivity index (χ2n) is 8.60. The minimum Gasteiger partial charge on any atom is -0.493 e. The fourth-order valence-corrected chi connectivity index (χ4v) is 5.28. The van der Waals surface area contributed by atoms with Crippen LogP contribution in [0.4, 0.5) is 0 Å². The average molecular weight is 433 g/mol. The molecule has 2 heterocycles. The maximum absolute atomic E-state index is 5.59. The van der Waals surface area contributed by atoms with Gasteiger partial charge in [-0.15, -0.1) is 5.10 Å². The Hall–Kier alpha value is -2.23. The Balaban J connectivity index is 1.61. The van der Waals surface area contributed by atoms with Gasteiger partial charge in [0.1, 0.15) is 26.2 Å². The molecule has 0 bridgehead atoms. The molecule has 1 saturated heterocycles. The van der Waals surface area contributed by atoms with E-state index in [-0.39, 0.29) is 6.04 Å². The minimum atomic E-state index is 0.0387. The number of ether oxygens (including phenoxy) is 3. The summed E-state index contributed by atoms with van der Waals surface area (Å²) >= 11 is 0. The van der Waals surface area contributed by atoms with E-state index in [2.05, 4.69) is 27.7 Å². The number of methoxy groups -OCH3 is 3. The van der Waals surface area contributed by atoms with Crippen LogP contribution in [-0.4, -0.2) is 80.4 Å². The number of benzene rings is 1. The van der Waals surface area contributed by atoms with E-state index in [0.29, 0.717) is 13.2 Å². The van der Waals surface area contributed by atoms with Crippen LogP contribution in [0, 0.1) is 0 Å². The molecule has 0 unspecified atom stereocenters. The van der Waals surface area contributed by atoms with Crippen LogP contribution in [-0.2, 0) is 11.3 Å². The third-order valence-electron chi connectivity index (χ3n) is 6.94. The monoisotopic (exact) mass is 432 g/mol. The molecule has 4 rings (SSSR count). The zero-order chi connectivity index (χ0) is 21.6. The van der Waals surface area contributed by atoms with E-state index in [1.54, 1.807) is 26.2 Å². The van der Waals surface area contributed by atoms with Gasteiger partial charge in [-0.05, 0) is 54.3 Å². The Labute approximate surface area is 184 Å². The zero-order valence-corrected chi connectivity index (χ0v) is 19.0. The van der Waals surface area contributed by atoms with Crippen molar-refractivity contribution >= 4 is 0 Å². The quantitative estimate of drug-likeness (QED) is 0.538. The fourth-order valence-electron chi connectivity index (χ4n) is 5.28. The molecule has 1 aliphatic carbocycles. The standard InChI is InChI=1S/C22H34N6O3/c1-29-15-14-28-22(23-24-25-28)21(17-8-9-19(30-2)20(16-17)31-3)27-12-10-26(11-13-27)18-6-4-5-7-18/h8-9,16,18,21H,4-7,10-15H2,1-3H3/p+2/t21-/m1/s1. The second kappa shape index (κ2) is 10.4. The highest BCUT2D eigenvalue weighted by atomic mass is 16.5. The predicted molar refractivity (Wildman–Crippen MR) is 115 cm³/mol. The van der Waals surface area contributed by atoms with Crippen molar-refractivity contribution in [2.45, 2.75) is 44.3 Å². The first-order valence-electron chi connectivity index (χ1n) is 11.4. The molecule has 2 fully saturated rings. The van der Waals surface area contributed by atoms with Gasteiger partial charge in [0.25, 0.3) is 0 Å². The summed E-state index contributed by atoms with van der Waals surface area (Å²) in [4.78, 5) is 3.29. The average Bonchev–Trinajstić information content (AvgIpc) is 3.51. The highest BCUT2D eigenvalue weighted by Crippen LogP contribution is 2.30. The number of piperazine rings is 1. The van der Waals surface area contributed by atoms with Crippen LogP contribution in [0.25, 0.3) is 0 Å². The zero-order valence-electron chi connectivity index (χ0n) is 19.0. The lowest BCUT2D eigenvalue weighted by atomic mass is 10.0. The topological polar surface area (TPSA) is 80.2 Å². The molecule has 9 nitrogen and oxygen atoms in total. The number of aromatic nitrogens is 4. The molecule has 1 aromatic carbocycles. The molecule has 170 valence electrons. The number of rotatable bonds is 9. The number of nitrogens with one attached hydrogen (secondary N) is 2. The van der Waals surface area contributed by atoms with Crippen LogP contribution in [0.3, 0.4) is 0 Å². The maximum atomic E-state index is 5.59. The van der Waals surface area contributed by atoms with Gasteiger partial charge >= 0.3 is 0 Å². The van der Waals surface area contributed by atoms with Crippen LogP contribution in [0.5, 0.6) is 11.5 Å². The molecule has 1 saturated carbocycles. The third-order valence-corrected chi connectivity index (χ3v) is 6.94. The van der Waals surface area contributed by atoms with Crippen molar-refractivity contribution in [3.8, 4) is 11.5 Å². The van der Waals surface area contributed by atoms with Crippen LogP contribution >= 0.6 is 0 Å². The lowest BCUT2D eigenvalue weighted by molar-refractivity contribution is -1.03. The van der Waals surface area contributed by atoms with Crippen LogP contribution in [0.1, 0.15) is 43.1 Å². The van der Waals surface area contributed by atoms with Crippen LogP contribution in [0.15, 0.2) is 18.2 Å². The predicted octanol–water partition coefficient (Wildman–Crippen LogP) is -0.848. The largest absolute Gasteiger partial charge is 0.493 e. The summed E-state index contributed by atoms with van der Waals surface area (Å²) in [6.45, 7) is 5.80. The normalized spacial score (nSPS) is 23.1. The first kappa shape index (κ1) is 22.0. The van der Waals surface area contributed by atoms with E-state index >= 15 is 0 Å². The Bertz CT molecular complexity index is 830. The smallest absolute Gasteiger partial charge is 0.214 e. The van der Waals surface area contributed by atoms with Crippen LogP contribution in [0.2, 0.25) is 0 Å². The van der Waals surface area contributed by atoms with Gasteiger partial charge in [0.15, 0.2) is 17.5 Å². The Kier molecular flexibility index (Phi) is 7.37. The number of tetrazole rings is 1. The van der Waals surface area contributed by atoms with Crippen molar-refractivity contribution < 1.29 is 24.0 Å². The van der Waals surface area contributed by atoms with Crippen molar-refractivity contribution in [2.75, 3.05) is 54.1 Å². The molecule has 1 aromatic heterocycles. The van der Waals surface area contributed by atoms with Crippen LogP contribution < -0.4 is 19.3 Å². The van der Waals surface area contributed by atoms with Gasteiger partial charge < -0.3 is 24.0 Å². The highest BCUT2D eigenvalue weighted by molar-refractivity contribution is 5.44. The van der Waals surface area contributed by atoms with E-state index in [9.17, 15) is 0 Å². The van der Waals surface area contributed by atoms with Gasteiger partial charge in [-0.25, -0.2) is 4.68 Å². The molecule has 1 aliphatic heterocycles.